The predicted molar refractivity (Wildman–Crippen MR) is 27.2 cm³/mol. The van der Waals surface area contributed by atoms with Crippen molar-refractivity contribution in [2.45, 2.75) is 0 Å². The molecule has 0 aliphatic heterocycles. The molecule has 0 unspecified atom stereocenters. The fourth-order valence-corrected chi connectivity index (χ4v) is 0. The Morgan fingerprint density at radius 1 is 1.25 bits per heavy atom. The van der Waals surface area contributed by atoms with Crippen molar-refractivity contribution in [1.82, 2.24) is 0 Å². The van der Waals surface area contributed by atoms with Gasteiger partial charge in [0.05, 0.1) is 0 Å². The minimum atomic E-state index is 0. The van der Waals surface area contributed by atoms with Gasteiger partial charge in [-0.15, -0.1) is 0 Å². The second-order valence-electron chi connectivity index (χ2n) is 0. The molecule has 0 saturated heterocycles. The molecule has 0 aromatic heterocycles. The molecule has 0 aliphatic rings. The molecule has 0 aromatic carbocycles. The summed E-state index contributed by atoms with van der Waals surface area (Å²) in [6.07, 6.45) is 0. The Bertz CT molecular complexity index is 8.00. The molecule has 0 nitrogen and oxygen atoms in total. The molecular formula is HAlLiPS. The summed E-state index contributed by atoms with van der Waals surface area (Å²) in [6.45, 7) is 0. The normalized spacial score (nSPS) is 1.00. The van der Waals surface area contributed by atoms with Crippen LogP contribution in [-0.4, -0.2) is 36.2 Å². The molecule has 4 heavy (non-hydrogen) atoms. The maximum atomic E-state index is 3.89. The van der Waals surface area contributed by atoms with Crippen LogP contribution in [0.2, 0.25) is 0 Å². The summed E-state index contributed by atoms with van der Waals surface area (Å²) in [5.74, 6) is 0. The maximum absolute atomic E-state index is 3.89. The second kappa shape index (κ2) is 22.8. The standard InChI is InChI=1S/Al.Li.HPS/c;;1-2/h;;1H. The zero-order valence-electron chi connectivity index (χ0n) is 2.49. The van der Waals surface area contributed by atoms with E-state index in [2.05, 4.69) is 19.8 Å². The van der Waals surface area contributed by atoms with Gasteiger partial charge < -0.3 is 0 Å². The molecule has 0 aromatic rings. The van der Waals surface area contributed by atoms with Crippen molar-refractivity contribution >= 4 is 56.0 Å². The molecule has 0 rings (SSSR count). The van der Waals surface area contributed by atoms with E-state index in [1.807, 2.05) is 0 Å². The Kier molecular flexibility index (Phi) is 99.0. The minimum absolute atomic E-state index is 0. The quantitative estimate of drug-likeness (QED) is 0.299. The van der Waals surface area contributed by atoms with Crippen LogP contribution in [0.5, 0.6) is 0 Å². The first-order valence-corrected chi connectivity index (χ1v) is 1.84. The molecule has 0 spiro atoms. The third-order valence-corrected chi connectivity index (χ3v) is 0. The van der Waals surface area contributed by atoms with E-state index in [0.29, 0.717) is 0 Å². The first-order valence-electron chi connectivity index (χ1n) is 0.204. The molecule has 0 saturated carbocycles. The van der Waals surface area contributed by atoms with Gasteiger partial charge in [-0.05, 0) is 8.02 Å². The summed E-state index contributed by atoms with van der Waals surface area (Å²) in [7, 11) is 2.56. The number of hydrogen-bond acceptors (Lipinski definition) is 1. The summed E-state index contributed by atoms with van der Waals surface area (Å²) in [6, 6.07) is 0. The largest absolute Gasteiger partial charge is 0.0615 e. The smallest absolute Gasteiger partial charge is 0 e. The van der Waals surface area contributed by atoms with E-state index in [9.17, 15) is 0 Å². The zero-order valence-corrected chi connectivity index (χ0v) is 5.46. The van der Waals surface area contributed by atoms with Crippen molar-refractivity contribution < 1.29 is 0 Å². The average molecular weight is 98.0 g/mol. The van der Waals surface area contributed by atoms with Crippen molar-refractivity contribution in [2.75, 3.05) is 0 Å². The average Bonchev–Trinajstić information content (AvgIpc) is 1.00. The van der Waals surface area contributed by atoms with Gasteiger partial charge in [0.15, 0.2) is 0 Å². The van der Waals surface area contributed by atoms with Gasteiger partial charge in [0.2, 0.25) is 0 Å². The molecule has 4 radical (unpaired) electrons. The minimum Gasteiger partial charge on any atom is -0.0615 e. The van der Waals surface area contributed by atoms with E-state index in [1.165, 1.54) is 0 Å². The van der Waals surface area contributed by atoms with Crippen molar-refractivity contribution in [3.8, 4) is 0 Å². The Morgan fingerprint density at radius 3 is 1.25 bits per heavy atom. The van der Waals surface area contributed by atoms with E-state index in [1.54, 1.807) is 0 Å². The van der Waals surface area contributed by atoms with Crippen molar-refractivity contribution in [3.63, 3.8) is 0 Å². The molecule has 0 fully saturated rings. The van der Waals surface area contributed by atoms with Gasteiger partial charge in [0, 0.05) is 36.2 Å². The summed E-state index contributed by atoms with van der Waals surface area (Å²) >= 11 is 3.89. The van der Waals surface area contributed by atoms with Crippen LogP contribution in [0, 0.1) is 0 Å². The maximum Gasteiger partial charge on any atom is 0 e. The van der Waals surface area contributed by atoms with Gasteiger partial charge in [-0.25, -0.2) is 0 Å². The molecule has 4 heteroatoms. The van der Waals surface area contributed by atoms with Crippen LogP contribution in [0.1, 0.15) is 0 Å². The molecule has 0 aliphatic carbocycles. The molecule has 16 valence electrons. The van der Waals surface area contributed by atoms with Gasteiger partial charge >= 0.3 is 0 Å². The van der Waals surface area contributed by atoms with Gasteiger partial charge in [-0.3, -0.25) is 0 Å². The molecule has 0 heterocycles. The molecule has 0 N–H and O–H groups in total. The van der Waals surface area contributed by atoms with E-state index in [4.69, 9.17) is 0 Å². The van der Waals surface area contributed by atoms with Crippen LogP contribution < -0.4 is 0 Å². The van der Waals surface area contributed by atoms with Crippen LogP contribution in [0.4, 0.5) is 0 Å². The topological polar surface area (TPSA) is 0 Å². The SMILES string of the molecule is P=S.[Al].[Li]. The molecular weight excluding hydrogens is 97.0 g/mol. The number of hydrogen-bond donors (Lipinski definition) is 0. The van der Waals surface area contributed by atoms with Gasteiger partial charge in [0.25, 0.3) is 0 Å². The van der Waals surface area contributed by atoms with Crippen LogP contribution in [0.15, 0.2) is 0 Å². The van der Waals surface area contributed by atoms with E-state index in [0.717, 1.165) is 0 Å². The van der Waals surface area contributed by atoms with Crippen LogP contribution in [-0.2, 0) is 11.8 Å². The predicted octanol–water partition coefficient (Wildman–Crippen LogP) is -0.171. The monoisotopic (exact) mass is 98.0 g/mol. The third kappa shape index (κ3) is 9.42. The zero-order chi connectivity index (χ0) is 2.00. The Labute approximate surface area is 55.9 Å². The molecule has 0 atom stereocenters. The summed E-state index contributed by atoms with van der Waals surface area (Å²) < 4.78 is 0. The van der Waals surface area contributed by atoms with Crippen molar-refractivity contribution in [3.05, 3.63) is 0 Å². The summed E-state index contributed by atoms with van der Waals surface area (Å²) in [5, 5.41) is 0. The Hall–Kier alpha value is 1.65. The first-order chi connectivity index (χ1) is 1.00. The summed E-state index contributed by atoms with van der Waals surface area (Å²) in [5.41, 5.74) is 0. The summed E-state index contributed by atoms with van der Waals surface area (Å²) in [4.78, 5) is 0. The third-order valence-electron chi connectivity index (χ3n) is 0. The van der Waals surface area contributed by atoms with Crippen LogP contribution in [0.3, 0.4) is 0 Å². The van der Waals surface area contributed by atoms with Gasteiger partial charge in [-0.1, -0.05) is 11.8 Å². The number of rotatable bonds is 0. The first kappa shape index (κ1) is 17.4. The van der Waals surface area contributed by atoms with Gasteiger partial charge in [0.1, 0.15) is 0 Å². The second-order valence-corrected chi connectivity index (χ2v) is 0. The van der Waals surface area contributed by atoms with Gasteiger partial charge in [-0.2, -0.15) is 0 Å². The van der Waals surface area contributed by atoms with Crippen molar-refractivity contribution in [2.24, 2.45) is 0 Å². The van der Waals surface area contributed by atoms with Crippen LogP contribution in [0.25, 0.3) is 0 Å². The molecule has 0 bridgehead atoms. The van der Waals surface area contributed by atoms with Crippen LogP contribution >= 0.6 is 8.02 Å². The fourth-order valence-electron chi connectivity index (χ4n) is 0. The fraction of sp³-hybridized carbons (Fsp3) is 0. The molecule has 0 amide bonds. The van der Waals surface area contributed by atoms with E-state index >= 15 is 0 Å². The van der Waals surface area contributed by atoms with E-state index < -0.39 is 0 Å². The Balaban J connectivity index is -0.00000000500. The van der Waals surface area contributed by atoms with Crippen molar-refractivity contribution in [1.29, 1.82) is 0 Å². The van der Waals surface area contributed by atoms with E-state index in [-0.39, 0.29) is 36.2 Å². The Morgan fingerprint density at radius 2 is 1.25 bits per heavy atom.